The maximum atomic E-state index is 13.5. The highest BCUT2D eigenvalue weighted by molar-refractivity contribution is 6.30. The largest absolute Gasteiger partial charge is 0.478 e. The molecule has 36 heavy (non-hydrogen) atoms. The first-order valence-electron chi connectivity index (χ1n) is 10.6. The lowest BCUT2D eigenvalue weighted by molar-refractivity contribution is -0.141. The summed E-state index contributed by atoms with van der Waals surface area (Å²) < 4.78 is 49.6. The van der Waals surface area contributed by atoms with E-state index >= 15 is 0 Å². The summed E-state index contributed by atoms with van der Waals surface area (Å²) in [6.45, 7) is 0.822. The van der Waals surface area contributed by atoms with Gasteiger partial charge in [0, 0.05) is 29.5 Å². The van der Waals surface area contributed by atoms with Crippen molar-refractivity contribution < 1.29 is 27.4 Å². The van der Waals surface area contributed by atoms with Crippen molar-refractivity contribution in [2.75, 3.05) is 12.0 Å². The monoisotopic (exact) mass is 515 g/mol. The summed E-state index contributed by atoms with van der Waals surface area (Å²) in [5, 5.41) is 1.24. The smallest absolute Gasteiger partial charge is 0.433 e. The predicted molar refractivity (Wildman–Crippen MR) is 124 cm³/mol. The van der Waals surface area contributed by atoms with Crippen LogP contribution in [0.25, 0.3) is 10.9 Å². The quantitative estimate of drug-likeness (QED) is 0.346. The number of fused-ring (bicyclic) bond motifs is 3. The lowest BCUT2D eigenvalue weighted by Crippen LogP contribution is -2.32. The molecule has 1 aliphatic rings. The van der Waals surface area contributed by atoms with Gasteiger partial charge in [0.2, 0.25) is 0 Å². The Bertz CT molecular complexity index is 1460. The second kappa shape index (κ2) is 9.32. The van der Waals surface area contributed by atoms with Crippen LogP contribution < -0.4 is 9.64 Å². The molecule has 0 radical (unpaired) electrons. The maximum Gasteiger partial charge on any atom is 0.433 e. The maximum absolute atomic E-state index is 13.5. The van der Waals surface area contributed by atoms with E-state index in [0.717, 1.165) is 34.8 Å². The van der Waals surface area contributed by atoms with Crippen LogP contribution in [0.1, 0.15) is 32.7 Å². The van der Waals surface area contributed by atoms with Crippen LogP contribution in [0.3, 0.4) is 0 Å². The van der Waals surface area contributed by atoms with Gasteiger partial charge in [0.15, 0.2) is 5.82 Å². The Kier molecular flexibility index (Phi) is 6.19. The molecule has 0 atom stereocenters. The number of amides is 1. The van der Waals surface area contributed by atoms with Crippen LogP contribution in [0, 0.1) is 0 Å². The first-order valence-corrected chi connectivity index (χ1v) is 11.0. The number of pyridine rings is 2. The number of hydrogen-bond donors (Lipinski definition) is 0. The number of anilines is 1. The van der Waals surface area contributed by atoms with E-state index in [0.29, 0.717) is 29.4 Å². The molecule has 1 aromatic carbocycles. The third-order valence-electron chi connectivity index (χ3n) is 5.69. The van der Waals surface area contributed by atoms with Crippen LogP contribution in [0.4, 0.5) is 19.0 Å². The number of halogens is 4. The van der Waals surface area contributed by atoms with Gasteiger partial charge in [-0.05, 0) is 29.3 Å². The number of carbonyl (C=O) groups is 1. The highest BCUT2D eigenvalue weighted by Crippen LogP contribution is 2.34. The van der Waals surface area contributed by atoms with Gasteiger partial charge in [-0.15, -0.1) is 0 Å². The molecule has 3 aromatic heterocycles. The van der Waals surface area contributed by atoms with Crippen LogP contribution in [0.2, 0.25) is 5.15 Å². The Balaban J connectivity index is 1.55. The molecule has 0 N–H and O–H groups in total. The Morgan fingerprint density at radius 3 is 2.61 bits per heavy atom. The zero-order valence-electron chi connectivity index (χ0n) is 18.7. The van der Waals surface area contributed by atoms with E-state index in [-0.39, 0.29) is 23.8 Å². The highest BCUT2D eigenvalue weighted by Gasteiger charge is 2.33. The molecule has 8 nitrogen and oxygen atoms in total. The van der Waals surface area contributed by atoms with E-state index in [9.17, 15) is 18.0 Å². The molecule has 1 aliphatic heterocycles. The van der Waals surface area contributed by atoms with Crippen LogP contribution in [0.5, 0.6) is 5.88 Å². The summed E-state index contributed by atoms with van der Waals surface area (Å²) in [6, 6.07) is 7.30. The van der Waals surface area contributed by atoms with E-state index in [2.05, 4.69) is 19.9 Å². The molecule has 4 heterocycles. The zero-order chi connectivity index (χ0) is 25.4. The molecule has 0 saturated carbocycles. The van der Waals surface area contributed by atoms with E-state index in [1.54, 1.807) is 6.07 Å². The minimum absolute atomic E-state index is 0.00225. The summed E-state index contributed by atoms with van der Waals surface area (Å²) in [5.41, 5.74) is 1.95. The number of aromatic nitrogens is 4. The molecular weight excluding hydrogens is 499 g/mol. The van der Waals surface area contributed by atoms with Crippen molar-refractivity contribution in [2.45, 2.75) is 25.9 Å². The minimum Gasteiger partial charge on any atom is -0.478 e. The van der Waals surface area contributed by atoms with Gasteiger partial charge in [0.05, 0.1) is 37.9 Å². The highest BCUT2D eigenvalue weighted by atomic mass is 35.5. The number of alkyl halides is 3. The van der Waals surface area contributed by atoms with Gasteiger partial charge in [-0.3, -0.25) is 14.7 Å². The third-order valence-corrected chi connectivity index (χ3v) is 6.01. The lowest BCUT2D eigenvalue weighted by Gasteiger charge is -2.23. The van der Waals surface area contributed by atoms with Crippen molar-refractivity contribution in [3.63, 3.8) is 0 Å². The number of nitrogens with zero attached hydrogens (tertiary/aromatic N) is 5. The van der Waals surface area contributed by atoms with E-state index in [1.807, 2.05) is 12.1 Å². The van der Waals surface area contributed by atoms with Crippen molar-refractivity contribution in [1.29, 1.82) is 0 Å². The number of carbonyl (C=O) groups excluding carboxylic acids is 1. The second-order valence-electron chi connectivity index (χ2n) is 7.91. The molecule has 0 aliphatic carbocycles. The van der Waals surface area contributed by atoms with Crippen molar-refractivity contribution >= 4 is 34.2 Å². The fraction of sp³-hybridized carbons (Fsp3) is 0.208. The van der Waals surface area contributed by atoms with Gasteiger partial charge in [-0.2, -0.15) is 13.2 Å². The number of ether oxygens (including phenoxy) is 2. The summed E-state index contributed by atoms with van der Waals surface area (Å²) in [6.07, 6.45) is -0.963. The van der Waals surface area contributed by atoms with Gasteiger partial charge in [0.25, 0.3) is 11.8 Å². The standard InChI is InChI=1S/C24H17ClF3N5O3/c1-35-22-21(29-6-7-30-22)33(23(34)14-3-5-19(31-9-14)24(26,27)28)10-13-2-4-15-16-11-36-12-17(16)20(25)32-18(15)8-13/h2-9H,10-12H2,1H3. The summed E-state index contributed by atoms with van der Waals surface area (Å²) in [7, 11) is 1.38. The van der Waals surface area contributed by atoms with Crippen LogP contribution in [-0.4, -0.2) is 33.0 Å². The predicted octanol–water partition coefficient (Wildman–Crippen LogP) is 4.98. The van der Waals surface area contributed by atoms with Crippen molar-refractivity contribution in [1.82, 2.24) is 19.9 Å². The zero-order valence-corrected chi connectivity index (χ0v) is 19.5. The minimum atomic E-state index is -4.63. The van der Waals surface area contributed by atoms with E-state index < -0.39 is 17.8 Å². The average Bonchev–Trinajstić information content (AvgIpc) is 3.37. The van der Waals surface area contributed by atoms with Gasteiger partial charge in [-0.1, -0.05) is 23.7 Å². The van der Waals surface area contributed by atoms with E-state index in [4.69, 9.17) is 21.1 Å². The van der Waals surface area contributed by atoms with Crippen molar-refractivity contribution in [3.05, 3.63) is 82.0 Å². The molecular formula is C24H17ClF3N5O3. The van der Waals surface area contributed by atoms with Crippen LogP contribution >= 0.6 is 11.6 Å². The Morgan fingerprint density at radius 1 is 1.11 bits per heavy atom. The van der Waals surface area contributed by atoms with Crippen LogP contribution in [-0.2, 0) is 30.7 Å². The molecule has 4 aromatic rings. The molecule has 0 unspecified atom stereocenters. The Hall–Kier alpha value is -3.83. The number of hydrogen-bond acceptors (Lipinski definition) is 7. The SMILES string of the molecule is COc1nccnc1N(Cc1ccc2c3c(c(Cl)nc2c1)COC3)C(=O)c1ccc(C(F)(F)F)nc1. The third kappa shape index (κ3) is 4.42. The lowest BCUT2D eigenvalue weighted by atomic mass is 10.0. The van der Waals surface area contributed by atoms with Crippen molar-refractivity contribution in [2.24, 2.45) is 0 Å². The molecule has 0 bridgehead atoms. The molecule has 0 fully saturated rings. The molecule has 184 valence electrons. The Morgan fingerprint density at radius 2 is 1.89 bits per heavy atom. The van der Waals surface area contributed by atoms with Gasteiger partial charge in [-0.25, -0.2) is 15.0 Å². The first kappa shape index (κ1) is 23.9. The van der Waals surface area contributed by atoms with Gasteiger partial charge >= 0.3 is 6.18 Å². The summed E-state index contributed by atoms with van der Waals surface area (Å²) >= 11 is 6.34. The van der Waals surface area contributed by atoms with Crippen molar-refractivity contribution in [3.8, 4) is 5.88 Å². The first-order chi connectivity index (χ1) is 17.3. The van der Waals surface area contributed by atoms with Crippen LogP contribution in [0.15, 0.2) is 48.9 Å². The normalized spacial score (nSPS) is 13.0. The average molecular weight is 516 g/mol. The van der Waals surface area contributed by atoms with Gasteiger partial charge in [0.1, 0.15) is 10.8 Å². The fourth-order valence-corrected chi connectivity index (χ4v) is 4.23. The fourth-order valence-electron chi connectivity index (χ4n) is 3.97. The molecule has 12 heteroatoms. The number of benzene rings is 1. The molecule has 0 spiro atoms. The Labute approximate surface area is 207 Å². The van der Waals surface area contributed by atoms with E-state index in [1.165, 1.54) is 24.4 Å². The summed E-state index contributed by atoms with van der Waals surface area (Å²) in [5.74, 6) is -0.468. The number of rotatable bonds is 5. The molecule has 0 saturated heterocycles. The second-order valence-corrected chi connectivity index (χ2v) is 8.27. The topological polar surface area (TPSA) is 90.3 Å². The number of methoxy groups -OCH3 is 1. The summed E-state index contributed by atoms with van der Waals surface area (Å²) in [4.78, 5) is 30.9. The molecule has 5 rings (SSSR count). The van der Waals surface area contributed by atoms with Gasteiger partial charge < -0.3 is 9.47 Å². The molecule has 1 amide bonds.